The van der Waals surface area contributed by atoms with E-state index >= 15 is 0 Å². The Labute approximate surface area is 126 Å². The van der Waals surface area contributed by atoms with Gasteiger partial charge in [0.15, 0.2) is 5.15 Å². The van der Waals surface area contributed by atoms with Crippen LogP contribution in [0.5, 0.6) is 0 Å². The molecule has 0 aliphatic heterocycles. The first kappa shape index (κ1) is 15.8. The molecule has 2 unspecified atom stereocenters. The molecule has 0 amide bonds. The van der Waals surface area contributed by atoms with Crippen LogP contribution in [0.2, 0.25) is 5.15 Å². The summed E-state index contributed by atoms with van der Waals surface area (Å²) in [5.41, 5.74) is 1.17. The van der Waals surface area contributed by atoms with Crippen LogP contribution in [0.3, 0.4) is 0 Å². The molecule has 2 atom stereocenters. The van der Waals surface area contributed by atoms with E-state index in [1.807, 2.05) is 0 Å². The molecule has 0 bridgehead atoms. The molecule has 5 heteroatoms. The number of H-pyrrole nitrogens is 1. The van der Waals surface area contributed by atoms with Gasteiger partial charge in [-0.1, -0.05) is 38.8 Å². The fourth-order valence-corrected chi connectivity index (χ4v) is 3.09. The van der Waals surface area contributed by atoms with Crippen LogP contribution in [0.4, 0.5) is 0 Å². The molecule has 0 spiro atoms. The van der Waals surface area contributed by atoms with E-state index in [4.69, 9.17) is 16.3 Å². The second kappa shape index (κ2) is 6.46. The number of aromatic nitrogens is 2. The normalized spacial score (nSPS) is 24.6. The number of unbranched alkanes of at least 4 members (excludes halogenated alkanes) is 1. The smallest absolute Gasteiger partial charge is 0.151 e. The van der Waals surface area contributed by atoms with Crippen LogP contribution in [0.25, 0.3) is 0 Å². The first-order valence-electron chi connectivity index (χ1n) is 7.48. The highest BCUT2D eigenvalue weighted by Crippen LogP contribution is 2.42. The first-order chi connectivity index (χ1) is 9.48. The number of methoxy groups -OCH3 is 1. The maximum Gasteiger partial charge on any atom is 0.151 e. The molecule has 2 N–H and O–H groups in total. The molecule has 1 aromatic rings. The quantitative estimate of drug-likeness (QED) is 0.812. The molecule has 1 heterocycles. The van der Waals surface area contributed by atoms with Crippen molar-refractivity contribution in [2.45, 2.75) is 65.1 Å². The molecule has 20 heavy (non-hydrogen) atoms. The van der Waals surface area contributed by atoms with E-state index in [2.05, 4.69) is 36.1 Å². The number of rotatable bonds is 7. The van der Waals surface area contributed by atoms with Crippen LogP contribution < -0.4 is 5.32 Å². The Balaban J connectivity index is 1.87. The maximum atomic E-state index is 6.19. The predicted octanol–water partition coefficient (Wildman–Crippen LogP) is 3.31. The SMILES string of the molecule is CCCCc1nc(Cl)c(CNC2CC(OC)C2(C)C)[nH]1. The molecule has 114 valence electrons. The lowest BCUT2D eigenvalue weighted by Gasteiger charge is -2.51. The third-order valence-corrected chi connectivity index (χ3v) is 4.84. The van der Waals surface area contributed by atoms with Gasteiger partial charge in [0.1, 0.15) is 5.82 Å². The molecule has 1 aliphatic rings. The van der Waals surface area contributed by atoms with Crippen molar-refractivity contribution in [3.05, 3.63) is 16.7 Å². The summed E-state index contributed by atoms with van der Waals surface area (Å²) in [5, 5.41) is 4.17. The fraction of sp³-hybridized carbons (Fsp3) is 0.800. The van der Waals surface area contributed by atoms with Crippen molar-refractivity contribution in [3.8, 4) is 0 Å². The highest BCUT2D eigenvalue weighted by Gasteiger charge is 2.48. The number of aromatic amines is 1. The van der Waals surface area contributed by atoms with Crippen LogP contribution >= 0.6 is 11.6 Å². The zero-order chi connectivity index (χ0) is 14.8. The average molecular weight is 300 g/mol. The summed E-state index contributed by atoms with van der Waals surface area (Å²) < 4.78 is 5.47. The summed E-state index contributed by atoms with van der Waals surface area (Å²) in [7, 11) is 1.79. The van der Waals surface area contributed by atoms with Crippen LogP contribution in [0.1, 0.15) is 51.6 Å². The van der Waals surface area contributed by atoms with Gasteiger partial charge >= 0.3 is 0 Å². The molecular weight excluding hydrogens is 274 g/mol. The van der Waals surface area contributed by atoms with Gasteiger partial charge < -0.3 is 15.0 Å². The van der Waals surface area contributed by atoms with Gasteiger partial charge in [0.2, 0.25) is 0 Å². The number of nitrogens with zero attached hydrogens (tertiary/aromatic N) is 1. The van der Waals surface area contributed by atoms with Gasteiger partial charge in [-0.25, -0.2) is 4.98 Å². The van der Waals surface area contributed by atoms with Crippen molar-refractivity contribution < 1.29 is 4.74 Å². The highest BCUT2D eigenvalue weighted by molar-refractivity contribution is 6.30. The number of aryl methyl sites for hydroxylation is 1. The fourth-order valence-electron chi connectivity index (χ4n) is 2.88. The van der Waals surface area contributed by atoms with Gasteiger partial charge in [0.05, 0.1) is 11.8 Å². The highest BCUT2D eigenvalue weighted by atomic mass is 35.5. The zero-order valence-corrected chi connectivity index (χ0v) is 13.7. The summed E-state index contributed by atoms with van der Waals surface area (Å²) in [6.07, 6.45) is 4.68. The Hall–Kier alpha value is -0.580. The molecular formula is C15H26ClN3O. The summed E-state index contributed by atoms with van der Waals surface area (Å²) in [6, 6.07) is 0.464. The van der Waals surface area contributed by atoms with E-state index in [1.54, 1.807) is 7.11 Å². The Morgan fingerprint density at radius 3 is 2.85 bits per heavy atom. The van der Waals surface area contributed by atoms with Gasteiger partial charge in [0.25, 0.3) is 0 Å². The molecule has 1 saturated carbocycles. The Morgan fingerprint density at radius 1 is 1.50 bits per heavy atom. The third-order valence-electron chi connectivity index (χ3n) is 4.53. The summed E-state index contributed by atoms with van der Waals surface area (Å²) in [6.45, 7) is 7.40. The zero-order valence-electron chi connectivity index (χ0n) is 12.9. The van der Waals surface area contributed by atoms with Crippen molar-refractivity contribution >= 4 is 11.6 Å². The van der Waals surface area contributed by atoms with Crippen LogP contribution in [0, 0.1) is 5.41 Å². The van der Waals surface area contributed by atoms with Gasteiger partial charge in [-0.15, -0.1) is 0 Å². The topological polar surface area (TPSA) is 49.9 Å². The van der Waals surface area contributed by atoms with Crippen molar-refractivity contribution in [1.29, 1.82) is 0 Å². The second-order valence-electron chi connectivity index (χ2n) is 6.27. The number of halogens is 1. The summed E-state index contributed by atoms with van der Waals surface area (Å²) >= 11 is 6.19. The van der Waals surface area contributed by atoms with Crippen LogP contribution in [0.15, 0.2) is 0 Å². The van der Waals surface area contributed by atoms with Crippen LogP contribution in [-0.4, -0.2) is 29.2 Å². The number of nitrogens with one attached hydrogen (secondary N) is 2. The molecule has 4 nitrogen and oxygen atoms in total. The van der Waals surface area contributed by atoms with Crippen molar-refractivity contribution in [1.82, 2.24) is 15.3 Å². The predicted molar refractivity (Wildman–Crippen MR) is 82.0 cm³/mol. The second-order valence-corrected chi connectivity index (χ2v) is 6.63. The molecule has 0 saturated heterocycles. The summed E-state index contributed by atoms with van der Waals surface area (Å²) in [4.78, 5) is 7.72. The first-order valence-corrected chi connectivity index (χ1v) is 7.86. The van der Waals surface area contributed by atoms with E-state index in [-0.39, 0.29) is 5.41 Å². The Morgan fingerprint density at radius 2 is 2.25 bits per heavy atom. The molecule has 1 aromatic heterocycles. The molecule has 0 aromatic carbocycles. The Kier molecular flexibility index (Phi) is 5.10. The lowest BCUT2D eigenvalue weighted by Crippen LogP contribution is -2.60. The largest absolute Gasteiger partial charge is 0.381 e. The standard InChI is InChI=1S/C15H26ClN3O/c1-5-6-7-13-18-10(14(16)19-13)9-17-11-8-12(20-4)15(11,2)3/h11-12,17H,5-9H2,1-4H3,(H,18,19). The lowest BCUT2D eigenvalue weighted by atomic mass is 9.64. The van der Waals surface area contributed by atoms with E-state index < -0.39 is 0 Å². The monoisotopic (exact) mass is 299 g/mol. The number of ether oxygens (including phenoxy) is 1. The average Bonchev–Trinajstić information content (AvgIpc) is 2.76. The van der Waals surface area contributed by atoms with Crippen molar-refractivity contribution in [3.63, 3.8) is 0 Å². The van der Waals surface area contributed by atoms with Crippen molar-refractivity contribution in [2.24, 2.45) is 5.41 Å². The molecule has 0 radical (unpaired) electrons. The molecule has 2 rings (SSSR count). The van der Waals surface area contributed by atoms with E-state index in [1.165, 1.54) is 6.42 Å². The molecule has 1 aliphatic carbocycles. The minimum absolute atomic E-state index is 0.173. The van der Waals surface area contributed by atoms with Gasteiger partial charge in [-0.05, 0) is 12.8 Å². The van der Waals surface area contributed by atoms with Gasteiger partial charge in [0, 0.05) is 31.5 Å². The number of imidazole rings is 1. The Bertz CT molecular complexity index is 444. The third kappa shape index (κ3) is 3.18. The van der Waals surface area contributed by atoms with Crippen molar-refractivity contribution in [2.75, 3.05) is 7.11 Å². The van der Waals surface area contributed by atoms with Crippen LogP contribution in [-0.2, 0) is 17.7 Å². The lowest BCUT2D eigenvalue weighted by molar-refractivity contribution is -0.0979. The van der Waals surface area contributed by atoms with E-state index in [0.717, 1.165) is 37.3 Å². The number of hydrogen-bond acceptors (Lipinski definition) is 3. The van der Waals surface area contributed by atoms with Gasteiger partial charge in [-0.3, -0.25) is 0 Å². The van der Waals surface area contributed by atoms with Gasteiger partial charge in [-0.2, -0.15) is 0 Å². The summed E-state index contributed by atoms with van der Waals surface area (Å²) in [5.74, 6) is 0.997. The maximum absolute atomic E-state index is 6.19. The van der Waals surface area contributed by atoms with E-state index in [9.17, 15) is 0 Å². The minimum Gasteiger partial charge on any atom is -0.381 e. The minimum atomic E-state index is 0.173. The molecule has 1 fully saturated rings. The number of hydrogen-bond donors (Lipinski definition) is 2. The van der Waals surface area contributed by atoms with E-state index in [0.29, 0.717) is 17.3 Å².